The van der Waals surface area contributed by atoms with Crippen LogP contribution in [-0.4, -0.2) is 0 Å². The minimum absolute atomic E-state index is 0.857. The highest BCUT2D eigenvalue weighted by Crippen LogP contribution is 2.52. The molecule has 0 radical (unpaired) electrons. The van der Waals surface area contributed by atoms with Crippen molar-refractivity contribution in [2.45, 2.75) is 0 Å². The van der Waals surface area contributed by atoms with Crippen LogP contribution < -0.4 is 9.80 Å². The van der Waals surface area contributed by atoms with Crippen molar-refractivity contribution in [3.8, 4) is 33.4 Å². The van der Waals surface area contributed by atoms with Gasteiger partial charge in [0.25, 0.3) is 0 Å². The number of nitrogens with zero attached hydrogens (tertiary/aromatic N) is 2. The Labute approximate surface area is 423 Å². The lowest BCUT2D eigenvalue weighted by Gasteiger charge is -2.30. The molecule has 13 aromatic carbocycles. The molecule has 0 saturated heterocycles. The van der Waals surface area contributed by atoms with Gasteiger partial charge in [-0.3, -0.25) is 0 Å². The van der Waals surface area contributed by atoms with Crippen LogP contribution in [0.4, 0.5) is 34.1 Å². The van der Waals surface area contributed by atoms with Crippen molar-refractivity contribution in [2.75, 3.05) is 9.80 Å². The van der Waals surface area contributed by atoms with E-state index < -0.39 is 0 Å². The first kappa shape index (κ1) is 42.2. The van der Waals surface area contributed by atoms with E-state index in [1.54, 1.807) is 0 Å². The molecular formula is C70H46N2O. The molecule has 14 aromatic rings. The van der Waals surface area contributed by atoms with Crippen molar-refractivity contribution < 1.29 is 4.42 Å². The fraction of sp³-hybridized carbons (Fsp3) is 0. The Kier molecular flexibility index (Phi) is 10.2. The van der Waals surface area contributed by atoms with Crippen molar-refractivity contribution in [1.29, 1.82) is 0 Å². The zero-order valence-corrected chi connectivity index (χ0v) is 39.9. The summed E-state index contributed by atoms with van der Waals surface area (Å²) in [5.41, 5.74) is 15.2. The Bertz CT molecular complexity index is 4200. The van der Waals surface area contributed by atoms with Gasteiger partial charge in [-0.25, -0.2) is 0 Å². The van der Waals surface area contributed by atoms with Gasteiger partial charge in [0.1, 0.15) is 5.58 Å². The molecule has 0 bridgehead atoms. The van der Waals surface area contributed by atoms with Crippen LogP contribution in [0.1, 0.15) is 0 Å². The van der Waals surface area contributed by atoms with Gasteiger partial charge in [-0.05, 0) is 126 Å². The standard InChI is InChI=1S/C70H46N2O/c1-4-18-47(19-5-1)49-32-39-55(40-33-49)71(56-41-34-50(35-42-56)48-20-6-2-7-21-48)57-43-36-52(37-44-57)66-60-28-14-16-30-62(60)69(63-31-17-15-29-61(63)66)72(54-24-8-3-9-25-54)64-46-53-23-11-13-27-59(53)68-67-58-26-12-10-22-51(58)38-45-65(67)73-70(64)68/h1-46H. The van der Waals surface area contributed by atoms with Gasteiger partial charge in [0.05, 0.1) is 11.4 Å². The van der Waals surface area contributed by atoms with Gasteiger partial charge in [0.15, 0.2) is 5.58 Å². The summed E-state index contributed by atoms with van der Waals surface area (Å²) in [5, 5.41) is 11.6. The number of fused-ring (bicyclic) bond motifs is 9. The zero-order chi connectivity index (χ0) is 48.2. The summed E-state index contributed by atoms with van der Waals surface area (Å²) in [6.45, 7) is 0. The molecule has 0 N–H and O–H groups in total. The molecule has 3 nitrogen and oxygen atoms in total. The predicted octanol–water partition coefficient (Wildman–Crippen LogP) is 20.1. The molecule has 0 atom stereocenters. The number of anilines is 6. The van der Waals surface area contributed by atoms with Crippen molar-refractivity contribution >= 4 is 99.2 Å². The number of hydrogen-bond donors (Lipinski definition) is 0. The van der Waals surface area contributed by atoms with E-state index in [0.717, 1.165) is 77.8 Å². The third kappa shape index (κ3) is 7.21. The van der Waals surface area contributed by atoms with E-state index in [0.29, 0.717) is 0 Å². The summed E-state index contributed by atoms with van der Waals surface area (Å²) in [4.78, 5) is 4.80. The Balaban J connectivity index is 0.955. The number of rotatable bonds is 9. The van der Waals surface area contributed by atoms with Crippen LogP contribution in [-0.2, 0) is 0 Å². The highest BCUT2D eigenvalue weighted by molar-refractivity contribution is 6.30. The van der Waals surface area contributed by atoms with Crippen molar-refractivity contribution in [2.24, 2.45) is 0 Å². The van der Waals surface area contributed by atoms with Gasteiger partial charge in [-0.15, -0.1) is 0 Å². The summed E-state index contributed by atoms with van der Waals surface area (Å²) in [6.07, 6.45) is 0. The molecule has 0 aliphatic carbocycles. The second-order valence-electron chi connectivity index (χ2n) is 18.8. The van der Waals surface area contributed by atoms with Gasteiger partial charge < -0.3 is 14.2 Å². The molecule has 73 heavy (non-hydrogen) atoms. The molecule has 0 unspecified atom stereocenters. The lowest BCUT2D eigenvalue weighted by atomic mass is 9.89. The van der Waals surface area contributed by atoms with E-state index in [-0.39, 0.29) is 0 Å². The quantitative estimate of drug-likeness (QED) is 0.135. The molecule has 0 spiro atoms. The van der Waals surface area contributed by atoms with E-state index in [2.05, 4.69) is 289 Å². The van der Waals surface area contributed by atoms with Crippen molar-refractivity contribution in [3.63, 3.8) is 0 Å². The number of para-hydroxylation sites is 1. The molecule has 0 saturated carbocycles. The molecule has 342 valence electrons. The maximum atomic E-state index is 7.14. The fourth-order valence-corrected chi connectivity index (χ4v) is 11.3. The van der Waals surface area contributed by atoms with E-state index in [1.165, 1.54) is 54.7 Å². The molecule has 14 rings (SSSR count). The lowest BCUT2D eigenvalue weighted by Crippen LogP contribution is -2.12. The average Bonchev–Trinajstić information content (AvgIpc) is 3.90. The van der Waals surface area contributed by atoms with Gasteiger partial charge in [-0.2, -0.15) is 0 Å². The van der Waals surface area contributed by atoms with Gasteiger partial charge in [0.2, 0.25) is 0 Å². The zero-order valence-electron chi connectivity index (χ0n) is 39.9. The van der Waals surface area contributed by atoms with E-state index in [9.17, 15) is 0 Å². The summed E-state index contributed by atoms with van der Waals surface area (Å²) < 4.78 is 7.14. The second kappa shape index (κ2) is 17.6. The largest absolute Gasteiger partial charge is 0.454 e. The molecule has 0 amide bonds. The predicted molar refractivity (Wildman–Crippen MR) is 309 cm³/mol. The van der Waals surface area contributed by atoms with Crippen LogP contribution in [0.3, 0.4) is 0 Å². The third-order valence-electron chi connectivity index (χ3n) is 14.6. The second-order valence-corrected chi connectivity index (χ2v) is 18.8. The highest BCUT2D eigenvalue weighted by atomic mass is 16.3. The molecule has 0 aliphatic rings. The van der Waals surface area contributed by atoms with Crippen LogP contribution >= 0.6 is 0 Å². The number of benzene rings is 13. The Morgan fingerprint density at radius 2 is 0.658 bits per heavy atom. The monoisotopic (exact) mass is 930 g/mol. The first-order valence-electron chi connectivity index (χ1n) is 25.0. The average molecular weight is 931 g/mol. The normalized spacial score (nSPS) is 11.6. The summed E-state index contributed by atoms with van der Waals surface area (Å²) in [6, 6.07) is 101. The van der Waals surface area contributed by atoms with E-state index >= 15 is 0 Å². The number of furan rings is 1. The third-order valence-corrected chi connectivity index (χ3v) is 14.6. The molecule has 0 aliphatic heterocycles. The minimum atomic E-state index is 0.857. The lowest BCUT2D eigenvalue weighted by molar-refractivity contribution is 0.669. The Hall–Kier alpha value is -9.70. The maximum Gasteiger partial charge on any atom is 0.160 e. The molecule has 1 aromatic heterocycles. The van der Waals surface area contributed by atoms with Crippen LogP contribution in [0.25, 0.3) is 98.4 Å². The Morgan fingerprint density at radius 1 is 0.260 bits per heavy atom. The first-order chi connectivity index (χ1) is 36.2. The Morgan fingerprint density at radius 3 is 1.19 bits per heavy atom. The smallest absolute Gasteiger partial charge is 0.160 e. The van der Waals surface area contributed by atoms with Gasteiger partial charge in [0, 0.05) is 44.3 Å². The molecule has 0 fully saturated rings. The summed E-state index contributed by atoms with van der Waals surface area (Å²) in [5.74, 6) is 0. The maximum absolute atomic E-state index is 7.14. The van der Waals surface area contributed by atoms with Crippen LogP contribution in [0.15, 0.2) is 283 Å². The molecular weight excluding hydrogens is 885 g/mol. The van der Waals surface area contributed by atoms with Crippen molar-refractivity contribution in [3.05, 3.63) is 279 Å². The van der Waals surface area contributed by atoms with Crippen LogP contribution in [0, 0.1) is 0 Å². The topological polar surface area (TPSA) is 19.6 Å². The van der Waals surface area contributed by atoms with Crippen molar-refractivity contribution in [1.82, 2.24) is 0 Å². The van der Waals surface area contributed by atoms with Gasteiger partial charge >= 0.3 is 0 Å². The van der Waals surface area contributed by atoms with Gasteiger partial charge in [-0.1, -0.05) is 218 Å². The summed E-state index contributed by atoms with van der Waals surface area (Å²) in [7, 11) is 0. The molecule has 1 heterocycles. The summed E-state index contributed by atoms with van der Waals surface area (Å²) >= 11 is 0. The first-order valence-corrected chi connectivity index (χ1v) is 25.0. The van der Waals surface area contributed by atoms with Crippen LogP contribution in [0.2, 0.25) is 0 Å². The number of hydrogen-bond acceptors (Lipinski definition) is 3. The van der Waals surface area contributed by atoms with Crippen LogP contribution in [0.5, 0.6) is 0 Å². The van der Waals surface area contributed by atoms with E-state index in [4.69, 9.17) is 4.42 Å². The molecule has 3 heteroatoms. The highest BCUT2D eigenvalue weighted by Gasteiger charge is 2.27. The van der Waals surface area contributed by atoms with E-state index in [1.807, 2.05) is 0 Å². The SMILES string of the molecule is c1ccc(-c2ccc(N(c3ccc(-c4ccccc4)cc3)c3ccc(-c4c5ccccc5c(N(c5ccccc5)c5cc6ccccc6c6c5oc5ccc7ccccc7c56)c5ccccc45)cc3)cc2)cc1. The fourth-order valence-electron chi connectivity index (χ4n) is 11.3. The minimum Gasteiger partial charge on any atom is -0.454 e.